The van der Waals surface area contributed by atoms with Crippen LogP contribution in [-0.2, 0) is 21.4 Å². The van der Waals surface area contributed by atoms with E-state index < -0.39 is 27.4 Å². The van der Waals surface area contributed by atoms with Crippen molar-refractivity contribution in [1.82, 2.24) is 4.31 Å². The van der Waals surface area contributed by atoms with Gasteiger partial charge in [-0.15, -0.1) is 0 Å². The van der Waals surface area contributed by atoms with Crippen LogP contribution in [0.3, 0.4) is 0 Å². The van der Waals surface area contributed by atoms with Gasteiger partial charge in [-0.3, -0.25) is 4.79 Å². The van der Waals surface area contributed by atoms with E-state index in [0.29, 0.717) is 25.6 Å². The molecule has 0 amide bonds. The van der Waals surface area contributed by atoms with Gasteiger partial charge in [0.05, 0.1) is 17.8 Å². The minimum Gasteiger partial charge on any atom is -0.370 e. The summed E-state index contributed by atoms with van der Waals surface area (Å²) in [5, 5.41) is 0. The lowest BCUT2D eigenvalue weighted by atomic mass is 9.54. The van der Waals surface area contributed by atoms with Gasteiger partial charge in [0.25, 0.3) is 0 Å². The molecular formula is C25H32FNO4S. The van der Waals surface area contributed by atoms with Gasteiger partial charge in [-0.1, -0.05) is 0 Å². The molecule has 7 rings (SSSR count). The summed E-state index contributed by atoms with van der Waals surface area (Å²) in [4.78, 5) is 12.7. The number of hydrogen-bond donors (Lipinski definition) is 0. The van der Waals surface area contributed by atoms with Crippen molar-refractivity contribution >= 4 is 15.8 Å². The van der Waals surface area contributed by atoms with Crippen LogP contribution in [0.2, 0.25) is 0 Å². The maximum Gasteiger partial charge on any atom is 0.221 e. The Balaban J connectivity index is 1.21. The molecule has 0 unspecified atom stereocenters. The SMILES string of the molecule is O=C(CS(=O)(=O)N1CCC1)c1cc(C2CC2)c(COC23CC4CC(CC(C4)C2)C3)cc1F. The fraction of sp³-hybridized carbons (Fsp3) is 0.720. The molecule has 0 atom stereocenters. The minimum absolute atomic E-state index is 0.0498. The van der Waals surface area contributed by atoms with Crippen LogP contribution in [0, 0.1) is 23.6 Å². The van der Waals surface area contributed by atoms with Gasteiger partial charge in [-0.25, -0.2) is 17.1 Å². The summed E-state index contributed by atoms with van der Waals surface area (Å²) in [6.45, 7) is 1.29. The van der Waals surface area contributed by atoms with Gasteiger partial charge in [0, 0.05) is 13.1 Å². The van der Waals surface area contributed by atoms with Crippen LogP contribution in [0.5, 0.6) is 0 Å². The molecule has 6 fully saturated rings. The molecule has 4 bridgehead atoms. The van der Waals surface area contributed by atoms with E-state index in [1.165, 1.54) is 29.6 Å². The second-order valence-electron chi connectivity index (χ2n) is 11.1. The van der Waals surface area contributed by atoms with E-state index in [1.54, 1.807) is 6.07 Å². The fourth-order valence-corrected chi connectivity index (χ4v) is 8.57. The van der Waals surface area contributed by atoms with Crippen LogP contribution >= 0.6 is 0 Å². The number of halogens is 1. The summed E-state index contributed by atoms with van der Waals surface area (Å²) in [5.41, 5.74) is 1.67. The highest BCUT2D eigenvalue weighted by molar-refractivity contribution is 7.89. The Labute approximate surface area is 189 Å². The Bertz CT molecular complexity index is 1010. The summed E-state index contributed by atoms with van der Waals surface area (Å²) in [5.74, 6) is 0.756. The molecule has 0 spiro atoms. The number of ether oxygens (including phenoxy) is 1. The van der Waals surface area contributed by atoms with E-state index in [1.807, 2.05) is 0 Å². The molecule has 1 aliphatic heterocycles. The largest absolute Gasteiger partial charge is 0.370 e. The predicted molar refractivity (Wildman–Crippen MR) is 118 cm³/mol. The van der Waals surface area contributed by atoms with E-state index >= 15 is 4.39 Å². The lowest BCUT2D eigenvalue weighted by Gasteiger charge is -2.56. The van der Waals surface area contributed by atoms with Crippen LogP contribution < -0.4 is 0 Å². The average molecular weight is 462 g/mol. The number of benzene rings is 1. The second-order valence-corrected chi connectivity index (χ2v) is 13.1. The molecule has 0 N–H and O–H groups in total. The number of sulfonamides is 1. The van der Waals surface area contributed by atoms with Crippen molar-refractivity contribution < 1.29 is 22.3 Å². The number of Topliss-reactive ketones (excluding diaryl/α,β-unsaturated/α-hetero) is 1. The van der Waals surface area contributed by atoms with Crippen LogP contribution in [-0.4, -0.2) is 42.9 Å². The van der Waals surface area contributed by atoms with E-state index in [4.69, 9.17) is 4.74 Å². The number of nitrogens with zero attached hydrogens (tertiary/aromatic N) is 1. The fourth-order valence-electron chi connectivity index (χ4n) is 7.08. The van der Waals surface area contributed by atoms with Crippen molar-refractivity contribution in [2.45, 2.75) is 75.9 Å². The third-order valence-corrected chi connectivity index (χ3v) is 10.4. The van der Waals surface area contributed by atoms with Crippen LogP contribution in [0.15, 0.2) is 12.1 Å². The van der Waals surface area contributed by atoms with Crippen LogP contribution in [0.4, 0.5) is 4.39 Å². The molecule has 0 aromatic heterocycles. The van der Waals surface area contributed by atoms with E-state index in [2.05, 4.69) is 0 Å². The Hall–Kier alpha value is -1.31. The molecule has 1 heterocycles. The van der Waals surface area contributed by atoms with E-state index in [-0.39, 0.29) is 11.2 Å². The normalized spacial score (nSPS) is 34.0. The summed E-state index contributed by atoms with van der Waals surface area (Å²) in [6.07, 6.45) is 10.3. The molecular weight excluding hydrogens is 429 g/mol. The zero-order valence-electron chi connectivity index (χ0n) is 18.5. The second kappa shape index (κ2) is 7.60. The van der Waals surface area contributed by atoms with Gasteiger partial charge in [0.15, 0.2) is 5.78 Å². The minimum atomic E-state index is -3.66. The highest BCUT2D eigenvalue weighted by Crippen LogP contribution is 2.57. The molecule has 174 valence electrons. The number of rotatable bonds is 8. The van der Waals surface area contributed by atoms with Crippen molar-refractivity contribution in [3.05, 3.63) is 34.6 Å². The molecule has 5 aliphatic carbocycles. The first-order valence-electron chi connectivity index (χ1n) is 12.3. The van der Waals surface area contributed by atoms with Crippen molar-refractivity contribution in [1.29, 1.82) is 0 Å². The van der Waals surface area contributed by atoms with Crippen molar-refractivity contribution in [3.63, 3.8) is 0 Å². The Kier molecular flexibility index (Phi) is 5.05. The summed E-state index contributed by atoms with van der Waals surface area (Å²) < 4.78 is 47.7. The Morgan fingerprint density at radius 2 is 1.69 bits per heavy atom. The predicted octanol–water partition coefficient (Wildman–Crippen LogP) is 4.41. The van der Waals surface area contributed by atoms with Crippen molar-refractivity contribution in [2.75, 3.05) is 18.8 Å². The number of ketones is 1. The standard InChI is InChI=1S/C25H32FNO4S/c26-23-9-20(14-31-25-11-16-6-17(12-25)8-18(7-16)13-25)21(19-2-3-19)10-22(23)24(28)15-32(29,30)27-4-1-5-27/h9-10,16-19H,1-8,11-15H2. The first kappa shape index (κ1) is 21.2. The third-order valence-electron chi connectivity index (χ3n) is 8.58. The number of carbonyl (C=O) groups is 1. The van der Waals surface area contributed by atoms with E-state index in [0.717, 1.165) is 67.4 Å². The molecule has 0 radical (unpaired) electrons. The molecule has 1 saturated heterocycles. The van der Waals surface area contributed by atoms with Crippen LogP contribution in [0.25, 0.3) is 0 Å². The monoisotopic (exact) mass is 461 g/mol. The number of hydrogen-bond acceptors (Lipinski definition) is 4. The molecule has 6 aliphatic rings. The van der Waals surface area contributed by atoms with Gasteiger partial charge < -0.3 is 4.74 Å². The maximum atomic E-state index is 15.0. The first-order chi connectivity index (χ1) is 15.3. The van der Waals surface area contributed by atoms with E-state index in [9.17, 15) is 13.2 Å². The average Bonchev–Trinajstić information content (AvgIpc) is 3.48. The molecule has 5 saturated carbocycles. The molecule has 1 aromatic carbocycles. The van der Waals surface area contributed by atoms with Gasteiger partial charge in [0.1, 0.15) is 11.6 Å². The van der Waals surface area contributed by atoms with Crippen molar-refractivity contribution in [2.24, 2.45) is 17.8 Å². The van der Waals surface area contributed by atoms with Gasteiger partial charge in [0.2, 0.25) is 10.0 Å². The molecule has 7 heteroatoms. The summed E-state index contributed by atoms with van der Waals surface area (Å²) >= 11 is 0. The highest BCUT2D eigenvalue weighted by atomic mass is 32.2. The highest BCUT2D eigenvalue weighted by Gasteiger charge is 2.51. The Morgan fingerprint density at radius 3 is 2.22 bits per heavy atom. The third kappa shape index (κ3) is 3.84. The number of carbonyl (C=O) groups excluding carboxylic acids is 1. The molecule has 5 nitrogen and oxygen atoms in total. The van der Waals surface area contributed by atoms with Gasteiger partial charge >= 0.3 is 0 Å². The Morgan fingerprint density at radius 1 is 1.06 bits per heavy atom. The summed E-state index contributed by atoms with van der Waals surface area (Å²) in [7, 11) is -3.66. The van der Waals surface area contributed by atoms with Gasteiger partial charge in [-0.2, -0.15) is 0 Å². The molecule has 32 heavy (non-hydrogen) atoms. The zero-order valence-corrected chi connectivity index (χ0v) is 19.3. The summed E-state index contributed by atoms with van der Waals surface area (Å²) in [6, 6.07) is 3.07. The van der Waals surface area contributed by atoms with Crippen LogP contribution in [0.1, 0.15) is 85.2 Å². The van der Waals surface area contributed by atoms with Gasteiger partial charge in [-0.05, 0) is 105 Å². The lowest BCUT2D eigenvalue weighted by Crippen LogP contribution is -2.51. The maximum absolute atomic E-state index is 15.0. The molecule has 1 aromatic rings. The smallest absolute Gasteiger partial charge is 0.221 e. The lowest BCUT2D eigenvalue weighted by molar-refractivity contribution is -0.168. The topological polar surface area (TPSA) is 63.7 Å². The quantitative estimate of drug-likeness (QED) is 0.538. The first-order valence-corrected chi connectivity index (χ1v) is 13.9. The zero-order chi connectivity index (χ0) is 22.1. The van der Waals surface area contributed by atoms with Crippen molar-refractivity contribution in [3.8, 4) is 0 Å².